The van der Waals surface area contributed by atoms with Gasteiger partial charge in [-0.05, 0) is 103 Å². The summed E-state index contributed by atoms with van der Waals surface area (Å²) in [5, 5.41) is 0. The predicted molar refractivity (Wildman–Crippen MR) is 348 cm³/mol. The van der Waals surface area contributed by atoms with E-state index in [0.717, 1.165) is 135 Å². The molecule has 6 heteroatoms. The van der Waals surface area contributed by atoms with Crippen molar-refractivity contribution in [3.8, 4) is 0 Å². The van der Waals surface area contributed by atoms with Crippen LogP contribution in [-0.4, -0.2) is 37.2 Å². The molecule has 0 bridgehead atoms. The third-order valence-electron chi connectivity index (χ3n) is 14.5. The minimum Gasteiger partial charge on any atom is -0.462 e. The van der Waals surface area contributed by atoms with Gasteiger partial charge in [0.2, 0.25) is 0 Å². The molecule has 0 amide bonds. The summed E-state index contributed by atoms with van der Waals surface area (Å²) in [5.41, 5.74) is 0. The molecule has 0 spiro atoms. The highest BCUT2D eigenvalue weighted by atomic mass is 16.6. The quantitative estimate of drug-likeness (QED) is 0.0261. The van der Waals surface area contributed by atoms with Gasteiger partial charge in [0, 0.05) is 19.3 Å². The fourth-order valence-electron chi connectivity index (χ4n) is 9.52. The van der Waals surface area contributed by atoms with Crippen LogP contribution in [0.5, 0.6) is 0 Å². The van der Waals surface area contributed by atoms with Gasteiger partial charge in [-0.25, -0.2) is 0 Å². The second-order valence-corrected chi connectivity index (χ2v) is 22.3. The first-order chi connectivity index (χ1) is 39.5. The van der Waals surface area contributed by atoms with Crippen LogP contribution < -0.4 is 0 Å². The molecule has 0 aromatic heterocycles. The van der Waals surface area contributed by atoms with Crippen molar-refractivity contribution >= 4 is 17.9 Å². The zero-order chi connectivity index (χ0) is 57.8. The van der Waals surface area contributed by atoms with E-state index in [2.05, 4.69) is 130 Å². The van der Waals surface area contributed by atoms with Gasteiger partial charge in [0.05, 0.1) is 0 Å². The van der Waals surface area contributed by atoms with Crippen molar-refractivity contribution in [2.24, 2.45) is 0 Å². The summed E-state index contributed by atoms with van der Waals surface area (Å²) < 4.78 is 17.0. The second kappa shape index (κ2) is 67.6. The Balaban J connectivity index is 4.32. The first kappa shape index (κ1) is 76.1. The van der Waals surface area contributed by atoms with E-state index in [1.807, 2.05) is 0 Å². The average Bonchev–Trinajstić information content (AvgIpc) is 3.46. The molecule has 0 fully saturated rings. The molecule has 1 atom stereocenters. The van der Waals surface area contributed by atoms with Crippen LogP contribution in [0.25, 0.3) is 0 Å². The lowest BCUT2D eigenvalue weighted by molar-refractivity contribution is -0.167. The van der Waals surface area contributed by atoms with Crippen LogP contribution in [-0.2, 0) is 28.6 Å². The number of hydrogen-bond donors (Lipinski definition) is 0. The molecule has 0 aliphatic carbocycles. The first-order valence-electron chi connectivity index (χ1n) is 33.9. The van der Waals surface area contributed by atoms with E-state index in [1.165, 1.54) is 148 Å². The molecule has 0 saturated carbocycles. The van der Waals surface area contributed by atoms with Gasteiger partial charge >= 0.3 is 17.9 Å². The van der Waals surface area contributed by atoms with E-state index in [1.54, 1.807) is 0 Å². The Morgan fingerprint density at radius 1 is 0.263 bits per heavy atom. The minimum atomic E-state index is -0.788. The largest absolute Gasteiger partial charge is 0.462 e. The third kappa shape index (κ3) is 64.9. The van der Waals surface area contributed by atoms with Crippen molar-refractivity contribution < 1.29 is 28.6 Å². The normalized spacial score (nSPS) is 12.8. The molecule has 1 unspecified atom stereocenters. The van der Waals surface area contributed by atoms with Gasteiger partial charge in [-0.1, -0.05) is 310 Å². The Morgan fingerprint density at radius 2 is 0.487 bits per heavy atom. The maximum absolute atomic E-state index is 12.9. The van der Waals surface area contributed by atoms with Crippen molar-refractivity contribution in [2.75, 3.05) is 13.2 Å². The van der Waals surface area contributed by atoms with E-state index >= 15 is 0 Å². The summed E-state index contributed by atoms with van der Waals surface area (Å²) in [6.07, 6.45) is 92.4. The number of carbonyl (C=O) groups excluding carboxylic acids is 3. The molecular formula is C74H126O6. The van der Waals surface area contributed by atoms with E-state index in [0.29, 0.717) is 19.3 Å². The van der Waals surface area contributed by atoms with Crippen molar-refractivity contribution in [1.82, 2.24) is 0 Å². The molecule has 0 aromatic rings. The third-order valence-corrected chi connectivity index (χ3v) is 14.5. The molecule has 0 aliphatic rings. The molecule has 0 N–H and O–H groups in total. The molecule has 0 saturated heterocycles. The maximum Gasteiger partial charge on any atom is 0.306 e. The number of allylic oxidation sites excluding steroid dienone is 18. The molecule has 80 heavy (non-hydrogen) atoms. The highest BCUT2D eigenvalue weighted by Gasteiger charge is 2.19. The zero-order valence-electron chi connectivity index (χ0n) is 52.6. The summed E-state index contributed by atoms with van der Waals surface area (Å²) in [7, 11) is 0. The zero-order valence-corrected chi connectivity index (χ0v) is 52.6. The summed E-state index contributed by atoms with van der Waals surface area (Å²) in [5.74, 6) is -0.891. The number of esters is 3. The lowest BCUT2D eigenvalue weighted by Crippen LogP contribution is -2.30. The Bertz CT molecular complexity index is 1610. The fraction of sp³-hybridized carbons (Fsp3) is 0.716. The van der Waals surface area contributed by atoms with E-state index < -0.39 is 6.10 Å². The van der Waals surface area contributed by atoms with Crippen LogP contribution in [0, 0.1) is 0 Å². The lowest BCUT2D eigenvalue weighted by atomic mass is 10.0. The first-order valence-corrected chi connectivity index (χ1v) is 33.9. The Kier molecular flexibility index (Phi) is 64.3. The Labute approximate surface area is 495 Å². The SMILES string of the molecule is CC/C=C\C/C=C\C/C=C\C/C=C\C/C=C\C/C=C\CCCCCCCCCCCCC(=O)OCC(COC(=O)CCCCCCC/C=C\C/C=C\C/C=C\CC)OC(=O)CCCCCCCCCCCCCCCCCCCC. The summed E-state index contributed by atoms with van der Waals surface area (Å²) in [6, 6.07) is 0. The van der Waals surface area contributed by atoms with Crippen LogP contribution in [0.4, 0.5) is 0 Å². The molecule has 0 aromatic carbocycles. The molecule has 458 valence electrons. The van der Waals surface area contributed by atoms with Crippen molar-refractivity contribution in [2.45, 2.75) is 329 Å². The van der Waals surface area contributed by atoms with Gasteiger partial charge in [0.1, 0.15) is 13.2 Å². The summed E-state index contributed by atoms with van der Waals surface area (Å²) in [6.45, 7) is 6.43. The van der Waals surface area contributed by atoms with Crippen LogP contribution >= 0.6 is 0 Å². The Hall–Kier alpha value is -3.93. The van der Waals surface area contributed by atoms with Crippen molar-refractivity contribution in [1.29, 1.82) is 0 Å². The van der Waals surface area contributed by atoms with Gasteiger partial charge in [-0.15, -0.1) is 0 Å². The number of hydrogen-bond acceptors (Lipinski definition) is 6. The second-order valence-electron chi connectivity index (χ2n) is 22.3. The lowest BCUT2D eigenvalue weighted by Gasteiger charge is -2.18. The Morgan fingerprint density at radius 3 is 0.762 bits per heavy atom. The number of rotatable bonds is 61. The summed E-state index contributed by atoms with van der Waals surface area (Å²) in [4.78, 5) is 38.4. The fourth-order valence-corrected chi connectivity index (χ4v) is 9.52. The molecule has 0 rings (SSSR count). The standard InChI is InChI=1S/C74H126O6/c1-4-7-10-13-16-19-22-25-28-30-32-33-34-35-36-37-38-39-40-41-42-44-46-49-52-55-58-61-64-67-73(76)79-70-71(69-78-72(75)66-63-60-57-54-51-48-45-27-24-21-18-15-12-9-6-3)80-74(77)68-65-62-59-56-53-50-47-43-31-29-26-23-20-17-14-11-8-5-2/h7,9-10,12,16,18-19,21,25,27-28,32-33,35-36,38-39,45,71H,4-6,8,11,13-15,17,20,22-24,26,29-31,34,37,40-44,46-70H2,1-3H3/b10-7-,12-9-,19-16-,21-18-,28-25-,33-32-,36-35-,39-38-,45-27-. The molecule has 0 heterocycles. The molecule has 6 nitrogen and oxygen atoms in total. The van der Waals surface area contributed by atoms with Crippen molar-refractivity contribution in [3.63, 3.8) is 0 Å². The van der Waals surface area contributed by atoms with Crippen LogP contribution in [0.3, 0.4) is 0 Å². The predicted octanol–water partition coefficient (Wildman–Crippen LogP) is 23.4. The molecule has 0 radical (unpaired) electrons. The number of ether oxygens (including phenoxy) is 3. The van der Waals surface area contributed by atoms with Crippen LogP contribution in [0.2, 0.25) is 0 Å². The molecular weight excluding hydrogens is 985 g/mol. The maximum atomic E-state index is 12.9. The molecule has 0 aliphatic heterocycles. The van der Waals surface area contributed by atoms with Crippen LogP contribution in [0.1, 0.15) is 323 Å². The van der Waals surface area contributed by atoms with Gasteiger partial charge in [-0.3, -0.25) is 14.4 Å². The van der Waals surface area contributed by atoms with E-state index in [9.17, 15) is 14.4 Å². The topological polar surface area (TPSA) is 78.9 Å². The summed E-state index contributed by atoms with van der Waals surface area (Å²) >= 11 is 0. The highest BCUT2D eigenvalue weighted by Crippen LogP contribution is 2.17. The van der Waals surface area contributed by atoms with Crippen molar-refractivity contribution in [3.05, 3.63) is 109 Å². The number of carbonyl (C=O) groups is 3. The smallest absolute Gasteiger partial charge is 0.306 e. The average molecular weight is 1110 g/mol. The highest BCUT2D eigenvalue weighted by molar-refractivity contribution is 5.71. The van der Waals surface area contributed by atoms with E-state index in [4.69, 9.17) is 14.2 Å². The van der Waals surface area contributed by atoms with Gasteiger partial charge in [0.15, 0.2) is 6.10 Å². The monoisotopic (exact) mass is 1110 g/mol. The minimum absolute atomic E-state index is 0.0839. The van der Waals surface area contributed by atoms with Gasteiger partial charge in [-0.2, -0.15) is 0 Å². The van der Waals surface area contributed by atoms with Gasteiger partial charge in [0.25, 0.3) is 0 Å². The van der Waals surface area contributed by atoms with Gasteiger partial charge < -0.3 is 14.2 Å². The van der Waals surface area contributed by atoms with E-state index in [-0.39, 0.29) is 31.1 Å². The number of unbranched alkanes of at least 4 members (excludes halogenated alkanes) is 32. The van der Waals surface area contributed by atoms with Crippen LogP contribution in [0.15, 0.2) is 109 Å².